The minimum absolute atomic E-state index is 0.154. The molecule has 1 aliphatic heterocycles. The Hall–Kier alpha value is -0.570. The van der Waals surface area contributed by atoms with Crippen LogP contribution in [0.2, 0.25) is 0 Å². The molecule has 1 unspecified atom stereocenters. The van der Waals surface area contributed by atoms with Gasteiger partial charge < -0.3 is 9.47 Å². The van der Waals surface area contributed by atoms with Gasteiger partial charge in [0.25, 0.3) is 0 Å². The average molecular weight is 212 g/mol. The van der Waals surface area contributed by atoms with E-state index in [1.54, 1.807) is 0 Å². The minimum atomic E-state index is -0.291. The Balaban J connectivity index is 2.08. The Morgan fingerprint density at radius 1 is 1.27 bits per heavy atom. The van der Waals surface area contributed by atoms with Gasteiger partial charge in [0.1, 0.15) is 5.60 Å². The number of carbonyl (C=O) groups excluding carboxylic acids is 1. The topological polar surface area (TPSA) is 35.5 Å². The fourth-order valence-corrected chi connectivity index (χ4v) is 2.92. The van der Waals surface area contributed by atoms with Crippen molar-refractivity contribution in [1.82, 2.24) is 0 Å². The second-order valence-corrected chi connectivity index (χ2v) is 4.72. The number of ether oxygens (including phenoxy) is 2. The van der Waals surface area contributed by atoms with E-state index in [-0.39, 0.29) is 17.7 Å². The first-order valence-corrected chi connectivity index (χ1v) is 6.04. The highest BCUT2D eigenvalue weighted by Crippen LogP contribution is 2.39. The van der Waals surface area contributed by atoms with Crippen molar-refractivity contribution in [3.8, 4) is 0 Å². The van der Waals surface area contributed by atoms with Gasteiger partial charge in [0.15, 0.2) is 0 Å². The van der Waals surface area contributed by atoms with Crippen LogP contribution >= 0.6 is 0 Å². The molecule has 3 heteroatoms. The Morgan fingerprint density at radius 3 is 2.53 bits per heavy atom. The molecule has 2 rings (SSSR count). The van der Waals surface area contributed by atoms with Crippen LogP contribution in [0.15, 0.2) is 0 Å². The molecule has 86 valence electrons. The molecule has 0 aromatic heterocycles. The molecule has 0 aromatic rings. The van der Waals surface area contributed by atoms with Crippen LogP contribution in [-0.2, 0) is 14.3 Å². The zero-order valence-electron chi connectivity index (χ0n) is 9.46. The summed E-state index contributed by atoms with van der Waals surface area (Å²) >= 11 is 0. The van der Waals surface area contributed by atoms with Gasteiger partial charge >= 0.3 is 5.97 Å². The number of rotatable bonds is 2. The van der Waals surface area contributed by atoms with Crippen molar-refractivity contribution < 1.29 is 14.3 Å². The number of hydrogen-bond acceptors (Lipinski definition) is 3. The molecule has 0 spiro atoms. The fraction of sp³-hybridized carbons (Fsp3) is 0.917. The zero-order valence-corrected chi connectivity index (χ0v) is 9.46. The molecule has 3 nitrogen and oxygen atoms in total. The van der Waals surface area contributed by atoms with Gasteiger partial charge in [-0.15, -0.1) is 0 Å². The molecule has 1 heterocycles. The first-order valence-electron chi connectivity index (χ1n) is 6.04. The molecule has 2 aliphatic rings. The van der Waals surface area contributed by atoms with Crippen LogP contribution in [0.25, 0.3) is 0 Å². The first kappa shape index (κ1) is 10.9. The molecule has 15 heavy (non-hydrogen) atoms. The van der Waals surface area contributed by atoms with E-state index in [2.05, 4.69) is 0 Å². The lowest BCUT2D eigenvalue weighted by Gasteiger charge is -2.40. The van der Waals surface area contributed by atoms with E-state index < -0.39 is 0 Å². The van der Waals surface area contributed by atoms with Gasteiger partial charge in [-0.3, -0.25) is 4.79 Å². The molecular weight excluding hydrogens is 192 g/mol. The summed E-state index contributed by atoms with van der Waals surface area (Å²) in [5, 5.41) is 0. The predicted molar refractivity (Wildman–Crippen MR) is 56.6 cm³/mol. The largest absolute Gasteiger partial charge is 0.456 e. The quantitative estimate of drug-likeness (QED) is 0.659. The number of esters is 1. The van der Waals surface area contributed by atoms with Crippen molar-refractivity contribution in [2.45, 2.75) is 63.6 Å². The van der Waals surface area contributed by atoms with E-state index in [4.69, 9.17) is 9.47 Å². The third-order valence-electron chi connectivity index (χ3n) is 3.56. The van der Waals surface area contributed by atoms with Crippen LogP contribution in [0, 0.1) is 0 Å². The molecular formula is C12H20O3. The van der Waals surface area contributed by atoms with E-state index >= 15 is 0 Å². The lowest BCUT2D eigenvalue weighted by atomic mass is 9.79. The Morgan fingerprint density at radius 2 is 2.00 bits per heavy atom. The molecule has 0 aromatic carbocycles. The highest BCUT2D eigenvalue weighted by atomic mass is 16.6. The van der Waals surface area contributed by atoms with Gasteiger partial charge in [-0.25, -0.2) is 0 Å². The monoisotopic (exact) mass is 212 g/mol. The molecule has 1 saturated carbocycles. The van der Waals surface area contributed by atoms with Crippen LogP contribution in [0.3, 0.4) is 0 Å². The average Bonchev–Trinajstić information content (AvgIpc) is 2.71. The maximum Gasteiger partial charge on any atom is 0.303 e. The maximum atomic E-state index is 11.2. The summed E-state index contributed by atoms with van der Waals surface area (Å²) in [7, 11) is 0. The van der Waals surface area contributed by atoms with Crippen molar-refractivity contribution in [3.63, 3.8) is 0 Å². The van der Waals surface area contributed by atoms with Crippen molar-refractivity contribution in [2.75, 3.05) is 6.61 Å². The van der Waals surface area contributed by atoms with Gasteiger partial charge in [0, 0.05) is 13.5 Å². The highest BCUT2D eigenvalue weighted by Gasteiger charge is 2.44. The summed E-state index contributed by atoms with van der Waals surface area (Å²) < 4.78 is 11.3. The Bertz CT molecular complexity index is 225. The summed E-state index contributed by atoms with van der Waals surface area (Å²) in [6, 6.07) is 0. The SMILES string of the molecule is CC(=O)OC1(C2CCCO2)CCCCC1. The third-order valence-corrected chi connectivity index (χ3v) is 3.56. The normalized spacial score (nSPS) is 30.1. The number of hydrogen-bond donors (Lipinski definition) is 0. The first-order chi connectivity index (χ1) is 7.23. The van der Waals surface area contributed by atoms with Gasteiger partial charge in [-0.2, -0.15) is 0 Å². The van der Waals surface area contributed by atoms with E-state index in [1.807, 2.05) is 0 Å². The molecule has 0 radical (unpaired) electrons. The van der Waals surface area contributed by atoms with E-state index in [0.717, 1.165) is 45.1 Å². The molecule has 1 atom stereocenters. The van der Waals surface area contributed by atoms with Crippen LogP contribution in [0.4, 0.5) is 0 Å². The van der Waals surface area contributed by atoms with Crippen molar-refractivity contribution in [1.29, 1.82) is 0 Å². The number of carbonyl (C=O) groups is 1. The van der Waals surface area contributed by atoms with Crippen molar-refractivity contribution in [3.05, 3.63) is 0 Å². The molecule has 0 amide bonds. The van der Waals surface area contributed by atoms with Crippen molar-refractivity contribution in [2.24, 2.45) is 0 Å². The minimum Gasteiger partial charge on any atom is -0.456 e. The van der Waals surface area contributed by atoms with Gasteiger partial charge in [-0.05, 0) is 38.5 Å². The summed E-state index contributed by atoms with van der Waals surface area (Å²) in [6.07, 6.45) is 7.85. The second-order valence-electron chi connectivity index (χ2n) is 4.72. The third kappa shape index (κ3) is 2.33. The van der Waals surface area contributed by atoms with Crippen LogP contribution in [0.1, 0.15) is 51.9 Å². The smallest absolute Gasteiger partial charge is 0.303 e. The summed E-state index contributed by atoms with van der Waals surface area (Å²) in [4.78, 5) is 11.2. The summed E-state index contributed by atoms with van der Waals surface area (Å²) in [5.74, 6) is -0.160. The highest BCUT2D eigenvalue weighted by molar-refractivity contribution is 5.66. The lowest BCUT2D eigenvalue weighted by Crippen LogP contribution is -2.47. The maximum absolute atomic E-state index is 11.2. The summed E-state index contributed by atoms with van der Waals surface area (Å²) in [5.41, 5.74) is -0.291. The van der Waals surface area contributed by atoms with Gasteiger partial charge in [0.05, 0.1) is 6.10 Å². The van der Waals surface area contributed by atoms with Crippen LogP contribution < -0.4 is 0 Å². The Labute approximate surface area is 91.1 Å². The molecule has 1 aliphatic carbocycles. The fourth-order valence-electron chi connectivity index (χ4n) is 2.92. The van der Waals surface area contributed by atoms with Crippen LogP contribution in [-0.4, -0.2) is 24.3 Å². The second kappa shape index (κ2) is 4.52. The lowest BCUT2D eigenvalue weighted by molar-refractivity contribution is -0.178. The van der Waals surface area contributed by atoms with Crippen LogP contribution in [0.5, 0.6) is 0 Å². The van der Waals surface area contributed by atoms with E-state index in [9.17, 15) is 4.79 Å². The molecule has 2 fully saturated rings. The van der Waals surface area contributed by atoms with Gasteiger partial charge in [-0.1, -0.05) is 6.42 Å². The summed E-state index contributed by atoms with van der Waals surface area (Å²) in [6.45, 7) is 2.33. The molecule has 1 saturated heterocycles. The molecule has 0 bridgehead atoms. The standard InChI is InChI=1S/C12H20O3/c1-10(13)15-12(7-3-2-4-8-12)11-6-5-9-14-11/h11H,2-9H2,1H3. The Kier molecular flexibility index (Phi) is 3.29. The molecule has 0 N–H and O–H groups in total. The predicted octanol–water partition coefficient (Wildman–Crippen LogP) is 2.43. The van der Waals surface area contributed by atoms with E-state index in [1.165, 1.54) is 13.3 Å². The zero-order chi connectivity index (χ0) is 10.7. The van der Waals surface area contributed by atoms with Crippen molar-refractivity contribution >= 4 is 5.97 Å². The van der Waals surface area contributed by atoms with E-state index in [0.29, 0.717) is 0 Å². The van der Waals surface area contributed by atoms with Gasteiger partial charge in [0.2, 0.25) is 0 Å².